The van der Waals surface area contributed by atoms with Gasteiger partial charge in [-0.05, 0) is 31.5 Å². The lowest BCUT2D eigenvalue weighted by Crippen LogP contribution is -2.32. The number of aliphatic hydroxyl groups is 1. The van der Waals surface area contributed by atoms with Gasteiger partial charge in [0.15, 0.2) is 0 Å². The van der Waals surface area contributed by atoms with Gasteiger partial charge in [-0.3, -0.25) is 4.90 Å². The van der Waals surface area contributed by atoms with E-state index in [9.17, 15) is 4.79 Å². The fourth-order valence-electron chi connectivity index (χ4n) is 1.80. The van der Waals surface area contributed by atoms with Crippen molar-refractivity contribution in [2.24, 2.45) is 0 Å². The molecule has 0 heterocycles. The largest absolute Gasteiger partial charge is 0.465 e. The molecule has 1 rings (SSSR count). The molecule has 0 fully saturated rings. The summed E-state index contributed by atoms with van der Waals surface area (Å²) in [6.45, 7) is 5.64. The van der Waals surface area contributed by atoms with E-state index in [4.69, 9.17) is 9.84 Å². The molecule has 100 valence electrons. The molecule has 0 radical (unpaired) electrons. The molecule has 0 saturated carbocycles. The van der Waals surface area contributed by atoms with Crippen molar-refractivity contribution in [1.82, 2.24) is 4.90 Å². The fourth-order valence-corrected chi connectivity index (χ4v) is 1.80. The van der Waals surface area contributed by atoms with Crippen LogP contribution in [-0.2, 0) is 11.3 Å². The minimum absolute atomic E-state index is 0.134. The van der Waals surface area contributed by atoms with Crippen LogP contribution in [0.3, 0.4) is 0 Å². The average molecular weight is 251 g/mol. The highest BCUT2D eigenvalue weighted by Crippen LogP contribution is 2.11. The van der Waals surface area contributed by atoms with E-state index in [1.54, 1.807) is 6.07 Å². The average Bonchev–Trinajstić information content (AvgIpc) is 2.37. The van der Waals surface area contributed by atoms with Crippen LogP contribution >= 0.6 is 0 Å². The molecule has 0 spiro atoms. The molecule has 4 heteroatoms. The van der Waals surface area contributed by atoms with E-state index in [0.717, 1.165) is 5.56 Å². The third kappa shape index (κ3) is 4.13. The van der Waals surface area contributed by atoms with Gasteiger partial charge in [0, 0.05) is 19.1 Å². The predicted octanol–water partition coefficient (Wildman–Crippen LogP) is 1.68. The van der Waals surface area contributed by atoms with Gasteiger partial charge in [0.1, 0.15) is 0 Å². The number of carbonyl (C=O) groups excluding carboxylic acids is 1. The molecule has 1 aromatic rings. The van der Waals surface area contributed by atoms with E-state index in [1.165, 1.54) is 7.11 Å². The molecule has 1 N–H and O–H groups in total. The highest BCUT2D eigenvalue weighted by molar-refractivity contribution is 5.89. The first-order valence-electron chi connectivity index (χ1n) is 6.10. The fraction of sp³-hybridized carbons (Fsp3) is 0.500. The molecule has 1 aromatic carbocycles. The number of hydrogen-bond donors (Lipinski definition) is 1. The van der Waals surface area contributed by atoms with Gasteiger partial charge in [-0.15, -0.1) is 0 Å². The molecular weight excluding hydrogens is 230 g/mol. The second-order valence-corrected chi connectivity index (χ2v) is 4.48. The van der Waals surface area contributed by atoms with Crippen LogP contribution in [-0.4, -0.2) is 42.3 Å². The third-order valence-corrected chi connectivity index (χ3v) is 2.85. The van der Waals surface area contributed by atoms with Crippen molar-refractivity contribution in [2.75, 3.05) is 20.3 Å². The lowest BCUT2D eigenvalue weighted by Gasteiger charge is -2.25. The van der Waals surface area contributed by atoms with E-state index >= 15 is 0 Å². The number of hydrogen-bond acceptors (Lipinski definition) is 4. The molecular formula is C14H21NO3. The molecule has 0 aliphatic heterocycles. The normalized spacial score (nSPS) is 11.0. The number of benzene rings is 1. The van der Waals surface area contributed by atoms with Crippen molar-refractivity contribution >= 4 is 5.97 Å². The molecule has 0 aromatic heterocycles. The molecule has 0 bridgehead atoms. The van der Waals surface area contributed by atoms with Crippen molar-refractivity contribution in [1.29, 1.82) is 0 Å². The molecule has 4 nitrogen and oxygen atoms in total. The summed E-state index contributed by atoms with van der Waals surface area (Å²) in [5.41, 5.74) is 1.60. The van der Waals surface area contributed by atoms with Crippen molar-refractivity contribution < 1.29 is 14.6 Å². The Morgan fingerprint density at radius 3 is 2.72 bits per heavy atom. The Hall–Kier alpha value is -1.39. The zero-order valence-electron chi connectivity index (χ0n) is 11.2. The first kappa shape index (κ1) is 14.7. The molecule has 0 saturated heterocycles. The van der Waals surface area contributed by atoms with Gasteiger partial charge in [0.05, 0.1) is 19.3 Å². The Morgan fingerprint density at radius 2 is 2.17 bits per heavy atom. The number of aliphatic hydroxyl groups excluding tert-OH is 1. The van der Waals surface area contributed by atoms with E-state index in [-0.39, 0.29) is 12.6 Å². The highest BCUT2D eigenvalue weighted by atomic mass is 16.5. The van der Waals surface area contributed by atoms with Crippen LogP contribution < -0.4 is 0 Å². The summed E-state index contributed by atoms with van der Waals surface area (Å²) in [4.78, 5) is 13.6. The number of rotatable bonds is 6. The number of nitrogens with zero attached hydrogens (tertiary/aromatic N) is 1. The lowest BCUT2D eigenvalue weighted by molar-refractivity contribution is 0.0600. The Kier molecular flexibility index (Phi) is 5.82. The summed E-state index contributed by atoms with van der Waals surface area (Å²) in [5.74, 6) is -0.324. The lowest BCUT2D eigenvalue weighted by atomic mass is 10.1. The Bertz CT molecular complexity index is 390. The number of methoxy groups -OCH3 is 1. The first-order chi connectivity index (χ1) is 8.58. The minimum atomic E-state index is -0.324. The van der Waals surface area contributed by atoms with Crippen molar-refractivity contribution in [3.05, 3.63) is 35.4 Å². The molecule has 0 atom stereocenters. The second kappa shape index (κ2) is 7.13. The standard InChI is InChI=1S/C14H21NO3/c1-11(2)15(7-8-16)10-12-5-4-6-13(9-12)14(17)18-3/h4-6,9,11,16H,7-8,10H2,1-3H3. The summed E-state index contributed by atoms with van der Waals surface area (Å²) in [7, 11) is 1.38. The third-order valence-electron chi connectivity index (χ3n) is 2.85. The van der Waals surface area contributed by atoms with Crippen LogP contribution in [0.2, 0.25) is 0 Å². The monoisotopic (exact) mass is 251 g/mol. The van der Waals surface area contributed by atoms with Gasteiger partial charge in [-0.2, -0.15) is 0 Å². The molecule has 0 aliphatic rings. The Morgan fingerprint density at radius 1 is 1.44 bits per heavy atom. The summed E-state index contributed by atoms with van der Waals surface area (Å²) < 4.78 is 4.70. The first-order valence-corrected chi connectivity index (χ1v) is 6.10. The van der Waals surface area contributed by atoms with Gasteiger partial charge in [0.25, 0.3) is 0 Å². The minimum Gasteiger partial charge on any atom is -0.465 e. The van der Waals surface area contributed by atoms with E-state index in [0.29, 0.717) is 24.7 Å². The number of ether oxygens (including phenoxy) is 1. The summed E-state index contributed by atoms with van der Waals surface area (Å²) in [5, 5.41) is 9.03. The SMILES string of the molecule is COC(=O)c1cccc(CN(CCO)C(C)C)c1. The van der Waals surface area contributed by atoms with Crippen molar-refractivity contribution in [3.8, 4) is 0 Å². The zero-order valence-corrected chi connectivity index (χ0v) is 11.2. The molecule has 18 heavy (non-hydrogen) atoms. The maximum Gasteiger partial charge on any atom is 0.337 e. The van der Waals surface area contributed by atoms with Crippen LogP contribution in [0.15, 0.2) is 24.3 Å². The van der Waals surface area contributed by atoms with Gasteiger partial charge in [-0.25, -0.2) is 4.79 Å². The maximum atomic E-state index is 11.4. The summed E-state index contributed by atoms with van der Waals surface area (Å²) in [6, 6.07) is 7.73. The number of esters is 1. The van der Waals surface area contributed by atoms with Crippen LogP contribution in [0, 0.1) is 0 Å². The molecule has 0 unspecified atom stereocenters. The van der Waals surface area contributed by atoms with Crippen molar-refractivity contribution in [3.63, 3.8) is 0 Å². The van der Waals surface area contributed by atoms with E-state index in [1.807, 2.05) is 18.2 Å². The number of carbonyl (C=O) groups is 1. The van der Waals surface area contributed by atoms with Crippen LogP contribution in [0.25, 0.3) is 0 Å². The van der Waals surface area contributed by atoms with Gasteiger partial charge in [-0.1, -0.05) is 12.1 Å². The van der Waals surface area contributed by atoms with Gasteiger partial charge < -0.3 is 9.84 Å². The zero-order chi connectivity index (χ0) is 13.5. The van der Waals surface area contributed by atoms with Gasteiger partial charge >= 0.3 is 5.97 Å². The van der Waals surface area contributed by atoms with Crippen LogP contribution in [0.5, 0.6) is 0 Å². The molecule has 0 aliphatic carbocycles. The second-order valence-electron chi connectivity index (χ2n) is 4.48. The van der Waals surface area contributed by atoms with Gasteiger partial charge in [0.2, 0.25) is 0 Å². The van der Waals surface area contributed by atoms with Crippen LogP contribution in [0.1, 0.15) is 29.8 Å². The summed E-state index contributed by atoms with van der Waals surface area (Å²) in [6.07, 6.45) is 0. The molecule has 0 amide bonds. The van der Waals surface area contributed by atoms with E-state index in [2.05, 4.69) is 18.7 Å². The smallest absolute Gasteiger partial charge is 0.337 e. The topological polar surface area (TPSA) is 49.8 Å². The Labute approximate surface area is 108 Å². The maximum absolute atomic E-state index is 11.4. The van der Waals surface area contributed by atoms with Crippen LogP contribution in [0.4, 0.5) is 0 Å². The Balaban J connectivity index is 2.80. The quantitative estimate of drug-likeness (QED) is 0.781. The van der Waals surface area contributed by atoms with Crippen molar-refractivity contribution in [2.45, 2.75) is 26.4 Å². The van der Waals surface area contributed by atoms with E-state index < -0.39 is 0 Å². The highest BCUT2D eigenvalue weighted by Gasteiger charge is 2.11. The predicted molar refractivity (Wildman–Crippen MR) is 70.4 cm³/mol. The summed E-state index contributed by atoms with van der Waals surface area (Å²) >= 11 is 0.